The Morgan fingerprint density at radius 1 is 1.57 bits per heavy atom. The number of cyclic esters (lactones) is 2. The lowest BCUT2D eigenvalue weighted by Gasteiger charge is -2.06. The van der Waals surface area contributed by atoms with Crippen molar-refractivity contribution in [3.63, 3.8) is 0 Å². The van der Waals surface area contributed by atoms with Gasteiger partial charge in [-0.15, -0.1) is 0 Å². The van der Waals surface area contributed by atoms with Crippen molar-refractivity contribution in [3.8, 4) is 0 Å². The molecule has 1 saturated heterocycles. The van der Waals surface area contributed by atoms with Gasteiger partial charge in [0.15, 0.2) is 6.10 Å². The largest absolute Gasteiger partial charge is 0.514 e. The molecular weight excluding hydrogens is 212 g/mol. The number of rotatable bonds is 4. The zero-order valence-electron chi connectivity index (χ0n) is 7.56. The Morgan fingerprint density at radius 2 is 2.21 bits per heavy atom. The predicted octanol–water partition coefficient (Wildman–Crippen LogP) is 0.402. The highest BCUT2D eigenvalue weighted by Crippen LogP contribution is 2.20. The Hall–Kier alpha value is -1.08. The predicted molar refractivity (Wildman–Crippen MR) is 45.9 cm³/mol. The van der Waals surface area contributed by atoms with Crippen molar-refractivity contribution in [2.45, 2.75) is 12.5 Å². The summed E-state index contributed by atoms with van der Waals surface area (Å²) in [7, 11) is -2.47. The first-order valence-corrected chi connectivity index (χ1v) is 5.38. The minimum atomic E-state index is -3.54. The molecular formula is C7H10O6S. The van der Waals surface area contributed by atoms with Crippen LogP contribution in [0.1, 0.15) is 6.42 Å². The smallest absolute Gasteiger partial charge is 0.422 e. The van der Waals surface area contributed by atoms with E-state index in [0.29, 0.717) is 0 Å². The molecule has 1 rings (SSSR count). The zero-order chi connectivity index (χ0) is 10.8. The SMILES string of the molecule is C=C1OC(=O)OC1CCS(=O)(=O)OC. The average Bonchev–Trinajstić information content (AvgIpc) is 2.42. The third kappa shape index (κ3) is 2.71. The summed E-state index contributed by atoms with van der Waals surface area (Å²) < 4.78 is 35.2. The normalized spacial score (nSPS) is 21.9. The van der Waals surface area contributed by atoms with E-state index in [0.717, 1.165) is 7.11 Å². The van der Waals surface area contributed by atoms with Gasteiger partial charge >= 0.3 is 6.16 Å². The molecule has 1 unspecified atom stereocenters. The summed E-state index contributed by atoms with van der Waals surface area (Å²) in [4.78, 5) is 10.6. The molecule has 0 bridgehead atoms. The Morgan fingerprint density at radius 3 is 2.64 bits per heavy atom. The first-order valence-electron chi connectivity index (χ1n) is 3.80. The quantitative estimate of drug-likeness (QED) is 0.506. The van der Waals surface area contributed by atoms with Gasteiger partial charge < -0.3 is 9.47 Å². The van der Waals surface area contributed by atoms with Crippen LogP contribution >= 0.6 is 0 Å². The third-order valence-corrected chi connectivity index (χ3v) is 2.94. The first kappa shape index (κ1) is 11.0. The molecule has 0 amide bonds. The van der Waals surface area contributed by atoms with Crippen LogP contribution in [0.15, 0.2) is 12.3 Å². The summed E-state index contributed by atoms with van der Waals surface area (Å²) in [6.45, 7) is 3.41. The Bertz CT molecular complexity index is 343. The number of hydrogen-bond donors (Lipinski definition) is 0. The third-order valence-electron chi connectivity index (χ3n) is 1.70. The highest BCUT2D eigenvalue weighted by molar-refractivity contribution is 7.86. The fourth-order valence-electron chi connectivity index (χ4n) is 0.933. The van der Waals surface area contributed by atoms with Gasteiger partial charge in [-0.05, 0) is 0 Å². The van der Waals surface area contributed by atoms with Gasteiger partial charge in [0.25, 0.3) is 10.1 Å². The van der Waals surface area contributed by atoms with Crippen LogP contribution in [-0.2, 0) is 23.8 Å². The van der Waals surface area contributed by atoms with Gasteiger partial charge in [0.05, 0.1) is 12.9 Å². The zero-order valence-corrected chi connectivity index (χ0v) is 8.37. The second-order valence-corrected chi connectivity index (χ2v) is 4.50. The van der Waals surface area contributed by atoms with Crippen molar-refractivity contribution in [1.82, 2.24) is 0 Å². The van der Waals surface area contributed by atoms with Crippen molar-refractivity contribution < 1.29 is 26.9 Å². The molecule has 0 radical (unpaired) electrons. The molecule has 80 valence electrons. The van der Waals surface area contributed by atoms with E-state index in [-0.39, 0.29) is 17.9 Å². The van der Waals surface area contributed by atoms with E-state index in [9.17, 15) is 13.2 Å². The van der Waals surface area contributed by atoms with Crippen molar-refractivity contribution in [3.05, 3.63) is 12.3 Å². The van der Waals surface area contributed by atoms with Crippen LogP contribution in [0.4, 0.5) is 4.79 Å². The maximum atomic E-state index is 10.9. The van der Waals surface area contributed by atoms with Gasteiger partial charge in [0.1, 0.15) is 5.76 Å². The minimum Gasteiger partial charge on any atom is -0.422 e. The second-order valence-electron chi connectivity index (χ2n) is 2.64. The highest BCUT2D eigenvalue weighted by Gasteiger charge is 2.30. The summed E-state index contributed by atoms with van der Waals surface area (Å²) in [5, 5.41) is 0. The molecule has 0 aliphatic carbocycles. The Labute approximate surface area is 81.6 Å². The topological polar surface area (TPSA) is 78.9 Å². The molecule has 1 fully saturated rings. The molecule has 14 heavy (non-hydrogen) atoms. The van der Waals surface area contributed by atoms with E-state index < -0.39 is 22.4 Å². The molecule has 1 aliphatic heterocycles. The molecule has 0 spiro atoms. The van der Waals surface area contributed by atoms with E-state index >= 15 is 0 Å². The monoisotopic (exact) mass is 222 g/mol. The lowest BCUT2D eigenvalue weighted by Crippen LogP contribution is -2.16. The van der Waals surface area contributed by atoms with E-state index in [2.05, 4.69) is 20.2 Å². The summed E-state index contributed by atoms with van der Waals surface area (Å²) in [6, 6.07) is 0. The minimum absolute atomic E-state index is 0.0841. The maximum absolute atomic E-state index is 10.9. The molecule has 6 nitrogen and oxygen atoms in total. The maximum Gasteiger partial charge on any atom is 0.514 e. The van der Waals surface area contributed by atoms with Crippen LogP contribution in [-0.4, -0.2) is 33.5 Å². The lowest BCUT2D eigenvalue weighted by molar-refractivity contribution is 0.117. The Kier molecular flexibility index (Phi) is 3.12. The Balaban J connectivity index is 2.47. The number of carbonyl (C=O) groups is 1. The van der Waals surface area contributed by atoms with Gasteiger partial charge in [-0.3, -0.25) is 4.18 Å². The molecule has 0 aromatic heterocycles. The molecule has 7 heteroatoms. The summed E-state index contributed by atoms with van der Waals surface area (Å²) in [6.07, 6.45) is -1.47. The standard InChI is InChI=1S/C7H10O6S/c1-5-6(13-7(8)12-5)3-4-14(9,10)11-2/h6H,1,3-4H2,2H3. The van der Waals surface area contributed by atoms with Crippen molar-refractivity contribution in [1.29, 1.82) is 0 Å². The molecule has 0 aromatic rings. The van der Waals surface area contributed by atoms with Crippen LogP contribution in [0.3, 0.4) is 0 Å². The van der Waals surface area contributed by atoms with Crippen molar-refractivity contribution >= 4 is 16.3 Å². The van der Waals surface area contributed by atoms with Gasteiger partial charge in [0.2, 0.25) is 0 Å². The van der Waals surface area contributed by atoms with Crippen LogP contribution < -0.4 is 0 Å². The number of ether oxygens (including phenoxy) is 2. The van der Waals surface area contributed by atoms with E-state index in [1.807, 2.05) is 0 Å². The summed E-state index contributed by atoms with van der Waals surface area (Å²) in [5.74, 6) is -0.120. The van der Waals surface area contributed by atoms with Crippen LogP contribution in [0.2, 0.25) is 0 Å². The van der Waals surface area contributed by atoms with Crippen LogP contribution in [0.25, 0.3) is 0 Å². The fourth-order valence-corrected chi connectivity index (χ4v) is 1.60. The lowest BCUT2D eigenvalue weighted by atomic mass is 10.2. The van der Waals surface area contributed by atoms with Gasteiger partial charge in [-0.2, -0.15) is 8.42 Å². The van der Waals surface area contributed by atoms with E-state index in [1.165, 1.54) is 0 Å². The molecule has 1 heterocycles. The summed E-state index contributed by atoms with van der Waals surface area (Å²) >= 11 is 0. The molecule has 0 N–H and O–H groups in total. The van der Waals surface area contributed by atoms with Gasteiger partial charge in [0, 0.05) is 6.42 Å². The fraction of sp³-hybridized carbons (Fsp3) is 0.571. The average molecular weight is 222 g/mol. The van der Waals surface area contributed by atoms with Crippen molar-refractivity contribution in [2.75, 3.05) is 12.9 Å². The molecule has 1 aliphatic rings. The second kappa shape index (κ2) is 3.97. The van der Waals surface area contributed by atoms with E-state index in [1.54, 1.807) is 0 Å². The molecule has 0 aromatic carbocycles. The number of hydrogen-bond acceptors (Lipinski definition) is 6. The molecule has 1 atom stereocenters. The van der Waals surface area contributed by atoms with E-state index in [4.69, 9.17) is 0 Å². The highest BCUT2D eigenvalue weighted by atomic mass is 32.2. The van der Waals surface area contributed by atoms with Crippen LogP contribution in [0.5, 0.6) is 0 Å². The van der Waals surface area contributed by atoms with Crippen LogP contribution in [0, 0.1) is 0 Å². The van der Waals surface area contributed by atoms with Gasteiger partial charge in [-0.1, -0.05) is 6.58 Å². The van der Waals surface area contributed by atoms with Crippen molar-refractivity contribution in [2.24, 2.45) is 0 Å². The first-order chi connectivity index (χ1) is 6.44. The summed E-state index contributed by atoms with van der Waals surface area (Å²) in [5.41, 5.74) is 0. The molecule has 0 saturated carbocycles. The van der Waals surface area contributed by atoms with Gasteiger partial charge in [-0.25, -0.2) is 4.79 Å². The number of carbonyl (C=O) groups excluding carboxylic acids is 1.